The van der Waals surface area contributed by atoms with Crippen LogP contribution in [0.15, 0.2) is 18.5 Å². The van der Waals surface area contributed by atoms with E-state index in [-0.39, 0.29) is 0 Å². The predicted octanol–water partition coefficient (Wildman–Crippen LogP) is 1.59. The molecule has 1 heterocycles. The lowest BCUT2D eigenvalue weighted by Crippen LogP contribution is -1.90. The molecule has 0 saturated heterocycles. The van der Waals surface area contributed by atoms with Crippen molar-refractivity contribution in [1.82, 2.24) is 4.98 Å². The third kappa shape index (κ3) is 2.23. The van der Waals surface area contributed by atoms with Crippen LogP contribution < -0.4 is 0 Å². The topological polar surface area (TPSA) is 25.0 Å². The van der Waals surface area contributed by atoms with Gasteiger partial charge < -0.3 is 9.72 Å². The Hall–Kier alpha value is -0.760. The van der Waals surface area contributed by atoms with Crippen molar-refractivity contribution in [2.75, 3.05) is 13.7 Å². The van der Waals surface area contributed by atoms with Crippen LogP contribution >= 0.6 is 0 Å². The normalized spacial score (nSPS) is 10.1. The number of aryl methyl sites for hydroxylation is 1. The number of hydrogen-bond donors (Lipinski definition) is 1. The third-order valence-electron chi connectivity index (χ3n) is 1.48. The number of H-pyrrole nitrogens is 1. The number of methoxy groups -OCH3 is 1. The molecule has 1 aromatic rings. The maximum Gasteiger partial charge on any atom is 0.0465 e. The molecule has 0 unspecified atom stereocenters. The maximum absolute atomic E-state index is 4.93. The van der Waals surface area contributed by atoms with Gasteiger partial charge in [-0.05, 0) is 24.5 Å². The van der Waals surface area contributed by atoms with Gasteiger partial charge in [0.15, 0.2) is 0 Å². The average Bonchev–Trinajstić information content (AvgIpc) is 2.41. The molecule has 0 aliphatic rings. The van der Waals surface area contributed by atoms with Gasteiger partial charge in [-0.1, -0.05) is 0 Å². The second-order valence-electron chi connectivity index (χ2n) is 2.32. The molecule has 0 fully saturated rings. The Kier molecular flexibility index (Phi) is 3.03. The lowest BCUT2D eigenvalue weighted by atomic mass is 10.2. The lowest BCUT2D eigenvalue weighted by Gasteiger charge is -1.95. The van der Waals surface area contributed by atoms with Crippen molar-refractivity contribution < 1.29 is 4.74 Å². The lowest BCUT2D eigenvalue weighted by molar-refractivity contribution is 0.195. The molecule has 0 aliphatic heterocycles. The summed E-state index contributed by atoms with van der Waals surface area (Å²) in [6.07, 6.45) is 6.18. The van der Waals surface area contributed by atoms with Crippen molar-refractivity contribution in [1.29, 1.82) is 0 Å². The minimum absolute atomic E-state index is 0.852. The van der Waals surface area contributed by atoms with E-state index >= 15 is 0 Å². The summed E-state index contributed by atoms with van der Waals surface area (Å²) in [6, 6.07) is 2.09. The van der Waals surface area contributed by atoms with E-state index in [0.717, 1.165) is 19.4 Å². The van der Waals surface area contributed by atoms with E-state index in [1.54, 1.807) is 7.11 Å². The summed E-state index contributed by atoms with van der Waals surface area (Å²) in [5.74, 6) is 0. The number of rotatable bonds is 4. The summed E-state index contributed by atoms with van der Waals surface area (Å²) in [7, 11) is 1.73. The Morgan fingerprint density at radius 1 is 1.60 bits per heavy atom. The molecule has 2 nitrogen and oxygen atoms in total. The Balaban J connectivity index is 2.15. The van der Waals surface area contributed by atoms with Gasteiger partial charge in [-0.25, -0.2) is 0 Å². The maximum atomic E-state index is 4.93. The molecule has 1 N–H and O–H groups in total. The summed E-state index contributed by atoms with van der Waals surface area (Å²) < 4.78 is 4.93. The van der Waals surface area contributed by atoms with E-state index < -0.39 is 0 Å². The van der Waals surface area contributed by atoms with Crippen molar-refractivity contribution >= 4 is 0 Å². The Morgan fingerprint density at radius 3 is 3.10 bits per heavy atom. The van der Waals surface area contributed by atoms with Crippen LogP contribution in [-0.2, 0) is 11.2 Å². The standard InChI is InChI=1S/C8H13NO/c1-10-6-2-3-8-4-5-9-7-8/h4-5,7,9H,2-3,6H2,1H3. The van der Waals surface area contributed by atoms with Crippen LogP contribution in [0.4, 0.5) is 0 Å². The molecular formula is C8H13NO. The fraction of sp³-hybridized carbons (Fsp3) is 0.500. The van der Waals surface area contributed by atoms with Gasteiger partial charge in [0, 0.05) is 26.1 Å². The van der Waals surface area contributed by atoms with Crippen molar-refractivity contribution in [2.24, 2.45) is 0 Å². The second-order valence-corrected chi connectivity index (χ2v) is 2.32. The first kappa shape index (κ1) is 7.35. The van der Waals surface area contributed by atoms with Crippen LogP contribution in [0.5, 0.6) is 0 Å². The first-order valence-electron chi connectivity index (χ1n) is 3.54. The van der Waals surface area contributed by atoms with E-state index in [4.69, 9.17) is 4.74 Å². The number of nitrogens with one attached hydrogen (secondary N) is 1. The Bertz CT molecular complexity index is 158. The minimum Gasteiger partial charge on any atom is -0.385 e. The molecule has 1 rings (SSSR count). The van der Waals surface area contributed by atoms with Crippen LogP contribution in [-0.4, -0.2) is 18.7 Å². The van der Waals surface area contributed by atoms with Gasteiger partial charge >= 0.3 is 0 Å². The molecule has 0 aliphatic carbocycles. The zero-order valence-electron chi connectivity index (χ0n) is 6.26. The first-order chi connectivity index (χ1) is 4.93. The van der Waals surface area contributed by atoms with E-state index in [2.05, 4.69) is 11.1 Å². The van der Waals surface area contributed by atoms with Gasteiger partial charge in [0.25, 0.3) is 0 Å². The van der Waals surface area contributed by atoms with Gasteiger partial charge in [0.1, 0.15) is 0 Å². The molecule has 0 amide bonds. The molecule has 0 atom stereocenters. The molecule has 0 aromatic carbocycles. The summed E-state index contributed by atoms with van der Waals surface area (Å²) in [6.45, 7) is 0.852. The fourth-order valence-electron chi connectivity index (χ4n) is 0.935. The molecule has 0 bridgehead atoms. The molecule has 0 spiro atoms. The SMILES string of the molecule is COCCCc1cc[nH]c1. The molecule has 1 aromatic heterocycles. The molecule has 10 heavy (non-hydrogen) atoms. The largest absolute Gasteiger partial charge is 0.385 e. The second kappa shape index (κ2) is 4.12. The van der Waals surface area contributed by atoms with Gasteiger partial charge in [-0.2, -0.15) is 0 Å². The van der Waals surface area contributed by atoms with E-state index in [0.29, 0.717) is 0 Å². The summed E-state index contributed by atoms with van der Waals surface area (Å²) in [5.41, 5.74) is 1.36. The Morgan fingerprint density at radius 2 is 2.50 bits per heavy atom. The van der Waals surface area contributed by atoms with E-state index in [1.807, 2.05) is 12.4 Å². The van der Waals surface area contributed by atoms with Crippen molar-refractivity contribution in [3.63, 3.8) is 0 Å². The van der Waals surface area contributed by atoms with E-state index in [9.17, 15) is 0 Å². The molecular weight excluding hydrogens is 126 g/mol. The third-order valence-corrected chi connectivity index (χ3v) is 1.48. The first-order valence-corrected chi connectivity index (χ1v) is 3.54. The summed E-state index contributed by atoms with van der Waals surface area (Å²) in [4.78, 5) is 3.02. The molecule has 0 saturated carbocycles. The highest BCUT2D eigenvalue weighted by Gasteiger charge is 1.90. The zero-order chi connectivity index (χ0) is 7.23. The summed E-state index contributed by atoms with van der Waals surface area (Å²) in [5, 5.41) is 0. The van der Waals surface area contributed by atoms with Gasteiger partial charge in [0.2, 0.25) is 0 Å². The van der Waals surface area contributed by atoms with Crippen molar-refractivity contribution in [3.05, 3.63) is 24.0 Å². The number of ether oxygens (including phenoxy) is 1. The van der Waals surface area contributed by atoms with Gasteiger partial charge in [-0.3, -0.25) is 0 Å². The monoisotopic (exact) mass is 139 g/mol. The van der Waals surface area contributed by atoms with Gasteiger partial charge in [0.05, 0.1) is 0 Å². The van der Waals surface area contributed by atoms with Crippen LogP contribution in [0.2, 0.25) is 0 Å². The van der Waals surface area contributed by atoms with Crippen LogP contribution in [0.25, 0.3) is 0 Å². The van der Waals surface area contributed by atoms with Crippen LogP contribution in [0.3, 0.4) is 0 Å². The van der Waals surface area contributed by atoms with Crippen LogP contribution in [0.1, 0.15) is 12.0 Å². The number of hydrogen-bond acceptors (Lipinski definition) is 1. The van der Waals surface area contributed by atoms with Crippen LogP contribution in [0, 0.1) is 0 Å². The van der Waals surface area contributed by atoms with Crippen molar-refractivity contribution in [3.8, 4) is 0 Å². The highest BCUT2D eigenvalue weighted by atomic mass is 16.5. The smallest absolute Gasteiger partial charge is 0.0465 e. The zero-order valence-corrected chi connectivity index (χ0v) is 6.26. The number of aromatic amines is 1. The number of aromatic nitrogens is 1. The predicted molar refractivity (Wildman–Crippen MR) is 41.0 cm³/mol. The van der Waals surface area contributed by atoms with Gasteiger partial charge in [-0.15, -0.1) is 0 Å². The van der Waals surface area contributed by atoms with E-state index in [1.165, 1.54) is 5.56 Å². The molecule has 0 radical (unpaired) electrons. The average molecular weight is 139 g/mol. The highest BCUT2D eigenvalue weighted by Crippen LogP contribution is 2.00. The fourth-order valence-corrected chi connectivity index (χ4v) is 0.935. The van der Waals surface area contributed by atoms with Crippen molar-refractivity contribution in [2.45, 2.75) is 12.8 Å². The Labute approximate surface area is 61.2 Å². The summed E-state index contributed by atoms with van der Waals surface area (Å²) >= 11 is 0. The quantitative estimate of drug-likeness (QED) is 0.629. The minimum atomic E-state index is 0.852. The molecule has 56 valence electrons. The highest BCUT2D eigenvalue weighted by molar-refractivity contribution is 5.07. The molecule has 2 heteroatoms.